The van der Waals surface area contributed by atoms with Crippen LogP contribution in [0.15, 0.2) is 4.99 Å². The lowest BCUT2D eigenvalue weighted by molar-refractivity contribution is -0.127. The molecule has 1 amide bonds. The van der Waals surface area contributed by atoms with Gasteiger partial charge in [0.25, 0.3) is 0 Å². The van der Waals surface area contributed by atoms with Crippen LogP contribution >= 0.6 is 24.0 Å². The molecule has 2 aliphatic carbocycles. The molecule has 2 N–H and O–H groups in total. The minimum atomic E-state index is 0. The van der Waals surface area contributed by atoms with Gasteiger partial charge < -0.3 is 20.3 Å². The SMILES string of the molecule is CN(C)C(=O)CN=C(NCC1CCOC1)NC1CC2CCC1C2.I. The van der Waals surface area contributed by atoms with Crippen LogP contribution in [-0.2, 0) is 9.53 Å². The molecule has 2 saturated carbocycles. The zero-order valence-electron chi connectivity index (χ0n) is 14.8. The number of fused-ring (bicyclic) bond motifs is 2. The zero-order valence-corrected chi connectivity index (χ0v) is 17.1. The molecule has 1 aliphatic heterocycles. The molecule has 3 aliphatic rings. The van der Waals surface area contributed by atoms with Crippen molar-refractivity contribution in [3.8, 4) is 0 Å². The number of hydrogen-bond acceptors (Lipinski definition) is 3. The average molecular weight is 450 g/mol. The van der Waals surface area contributed by atoms with Crippen molar-refractivity contribution in [3.63, 3.8) is 0 Å². The average Bonchev–Trinajstić information content (AvgIpc) is 3.26. The maximum absolute atomic E-state index is 11.8. The van der Waals surface area contributed by atoms with Crippen molar-refractivity contribution in [2.45, 2.75) is 38.1 Å². The number of amides is 1. The molecule has 0 radical (unpaired) electrons. The van der Waals surface area contributed by atoms with Crippen molar-refractivity contribution in [2.24, 2.45) is 22.7 Å². The smallest absolute Gasteiger partial charge is 0.243 e. The Morgan fingerprint density at radius 3 is 2.67 bits per heavy atom. The molecule has 7 heteroatoms. The highest BCUT2D eigenvalue weighted by Crippen LogP contribution is 2.44. The Morgan fingerprint density at radius 2 is 2.08 bits per heavy atom. The van der Waals surface area contributed by atoms with Crippen LogP contribution in [-0.4, -0.2) is 63.2 Å². The van der Waals surface area contributed by atoms with E-state index in [0.717, 1.165) is 44.0 Å². The van der Waals surface area contributed by atoms with E-state index >= 15 is 0 Å². The van der Waals surface area contributed by atoms with Gasteiger partial charge in [-0.25, -0.2) is 4.99 Å². The molecular formula is C17H31IN4O2. The summed E-state index contributed by atoms with van der Waals surface area (Å²) in [5.41, 5.74) is 0. The van der Waals surface area contributed by atoms with Crippen LogP contribution < -0.4 is 10.6 Å². The van der Waals surface area contributed by atoms with E-state index in [4.69, 9.17) is 4.74 Å². The summed E-state index contributed by atoms with van der Waals surface area (Å²) in [6.07, 6.45) is 6.44. The summed E-state index contributed by atoms with van der Waals surface area (Å²) < 4.78 is 5.43. The van der Waals surface area contributed by atoms with Gasteiger partial charge in [0.1, 0.15) is 6.54 Å². The second-order valence-electron chi connectivity index (χ2n) is 7.49. The van der Waals surface area contributed by atoms with Crippen LogP contribution in [0.1, 0.15) is 32.1 Å². The van der Waals surface area contributed by atoms with Crippen LogP contribution in [0.5, 0.6) is 0 Å². The molecule has 6 nitrogen and oxygen atoms in total. The van der Waals surface area contributed by atoms with Gasteiger partial charge in [-0.15, -0.1) is 24.0 Å². The van der Waals surface area contributed by atoms with E-state index in [9.17, 15) is 4.79 Å². The Balaban J connectivity index is 0.00000208. The molecule has 1 heterocycles. The van der Waals surface area contributed by atoms with Gasteiger partial charge in [0.05, 0.1) is 6.61 Å². The number of hydrogen-bond donors (Lipinski definition) is 2. The van der Waals surface area contributed by atoms with Crippen LogP contribution in [0.25, 0.3) is 0 Å². The van der Waals surface area contributed by atoms with Crippen LogP contribution in [0.2, 0.25) is 0 Å². The fourth-order valence-corrected chi connectivity index (χ4v) is 4.02. The van der Waals surface area contributed by atoms with E-state index < -0.39 is 0 Å². The lowest BCUT2D eigenvalue weighted by Gasteiger charge is -2.26. The standard InChI is InChI=1S/C17H30N4O2.HI/c1-21(2)16(22)10-19-17(18-9-13-5-6-23-11-13)20-15-8-12-3-4-14(15)7-12;/h12-15H,3-11H2,1-2H3,(H2,18,19,20);1H. The fourth-order valence-electron chi connectivity index (χ4n) is 4.02. The number of halogens is 1. The molecule has 3 rings (SSSR count). The predicted molar refractivity (Wildman–Crippen MR) is 106 cm³/mol. The van der Waals surface area contributed by atoms with Gasteiger partial charge in [0.15, 0.2) is 5.96 Å². The molecule has 4 unspecified atom stereocenters. The molecular weight excluding hydrogens is 419 g/mol. The van der Waals surface area contributed by atoms with Crippen molar-refractivity contribution in [2.75, 3.05) is 40.4 Å². The number of likely N-dealkylation sites (N-methyl/N-ethyl adjacent to an activating group) is 1. The number of carbonyl (C=O) groups is 1. The van der Waals surface area contributed by atoms with E-state index in [1.54, 1.807) is 19.0 Å². The Labute approximate surface area is 162 Å². The highest BCUT2D eigenvalue weighted by Gasteiger charge is 2.39. The van der Waals surface area contributed by atoms with Gasteiger partial charge in [-0.3, -0.25) is 4.79 Å². The third-order valence-electron chi connectivity index (χ3n) is 5.51. The number of guanidine groups is 1. The summed E-state index contributed by atoms with van der Waals surface area (Å²) in [6.45, 7) is 2.75. The zero-order chi connectivity index (χ0) is 16.2. The lowest BCUT2D eigenvalue weighted by Crippen LogP contribution is -2.47. The van der Waals surface area contributed by atoms with Gasteiger partial charge in [0.2, 0.25) is 5.91 Å². The minimum Gasteiger partial charge on any atom is -0.381 e. The Hall–Kier alpha value is -0.570. The molecule has 3 fully saturated rings. The Kier molecular flexibility index (Phi) is 7.59. The number of nitrogens with zero attached hydrogens (tertiary/aromatic N) is 2. The maximum atomic E-state index is 11.8. The maximum Gasteiger partial charge on any atom is 0.243 e. The normalized spacial score (nSPS) is 31.7. The molecule has 4 atom stereocenters. The first-order valence-electron chi connectivity index (χ1n) is 8.94. The van der Waals surface area contributed by atoms with E-state index in [-0.39, 0.29) is 36.4 Å². The predicted octanol–water partition coefficient (Wildman–Crippen LogP) is 1.45. The Bertz CT molecular complexity index is 452. The minimum absolute atomic E-state index is 0. The first-order valence-corrected chi connectivity index (χ1v) is 8.94. The molecule has 0 aromatic carbocycles. The summed E-state index contributed by atoms with van der Waals surface area (Å²) in [6, 6.07) is 0.522. The van der Waals surface area contributed by atoms with Gasteiger partial charge in [-0.05, 0) is 37.5 Å². The van der Waals surface area contributed by atoms with Crippen molar-refractivity contribution in [1.82, 2.24) is 15.5 Å². The largest absolute Gasteiger partial charge is 0.381 e. The summed E-state index contributed by atoms with van der Waals surface area (Å²) in [5.74, 6) is 3.05. The molecule has 0 spiro atoms. The summed E-state index contributed by atoms with van der Waals surface area (Å²) in [7, 11) is 3.54. The van der Waals surface area contributed by atoms with Crippen molar-refractivity contribution in [1.29, 1.82) is 0 Å². The van der Waals surface area contributed by atoms with Gasteiger partial charge >= 0.3 is 0 Å². The first kappa shape index (κ1) is 19.8. The number of nitrogens with one attached hydrogen (secondary N) is 2. The third kappa shape index (κ3) is 5.21. The Morgan fingerprint density at radius 1 is 1.25 bits per heavy atom. The van der Waals surface area contributed by atoms with E-state index in [0.29, 0.717) is 12.0 Å². The lowest BCUT2D eigenvalue weighted by atomic mass is 9.95. The van der Waals surface area contributed by atoms with Gasteiger partial charge in [-0.1, -0.05) is 6.42 Å². The second kappa shape index (κ2) is 9.22. The van der Waals surface area contributed by atoms with E-state index in [1.807, 2.05) is 0 Å². The van der Waals surface area contributed by atoms with Gasteiger partial charge in [0, 0.05) is 39.2 Å². The van der Waals surface area contributed by atoms with Crippen LogP contribution in [0.3, 0.4) is 0 Å². The van der Waals surface area contributed by atoms with E-state index in [1.165, 1.54) is 25.7 Å². The quantitative estimate of drug-likeness (QED) is 0.378. The molecule has 24 heavy (non-hydrogen) atoms. The highest BCUT2D eigenvalue weighted by molar-refractivity contribution is 14.0. The number of aliphatic imine (C=N–C) groups is 1. The number of ether oxygens (including phenoxy) is 1. The molecule has 0 aromatic rings. The second-order valence-corrected chi connectivity index (χ2v) is 7.49. The summed E-state index contributed by atoms with van der Waals surface area (Å²) in [4.78, 5) is 17.9. The third-order valence-corrected chi connectivity index (χ3v) is 5.51. The van der Waals surface area contributed by atoms with Crippen LogP contribution in [0.4, 0.5) is 0 Å². The van der Waals surface area contributed by atoms with Crippen LogP contribution in [0, 0.1) is 17.8 Å². The molecule has 0 aromatic heterocycles. The highest BCUT2D eigenvalue weighted by atomic mass is 127. The number of rotatable bonds is 5. The van der Waals surface area contributed by atoms with Crippen molar-refractivity contribution >= 4 is 35.8 Å². The summed E-state index contributed by atoms with van der Waals surface area (Å²) in [5, 5.41) is 7.02. The monoisotopic (exact) mass is 450 g/mol. The summed E-state index contributed by atoms with van der Waals surface area (Å²) >= 11 is 0. The molecule has 138 valence electrons. The fraction of sp³-hybridized carbons (Fsp3) is 0.882. The van der Waals surface area contributed by atoms with Crippen molar-refractivity contribution < 1.29 is 9.53 Å². The van der Waals surface area contributed by atoms with Gasteiger partial charge in [-0.2, -0.15) is 0 Å². The number of carbonyl (C=O) groups excluding carboxylic acids is 1. The van der Waals surface area contributed by atoms with Crippen molar-refractivity contribution in [3.05, 3.63) is 0 Å². The topological polar surface area (TPSA) is 66.0 Å². The molecule has 2 bridgehead atoms. The van der Waals surface area contributed by atoms with E-state index in [2.05, 4.69) is 15.6 Å². The first-order chi connectivity index (χ1) is 11.1. The molecule has 1 saturated heterocycles.